The van der Waals surface area contributed by atoms with Crippen LogP contribution in [0.25, 0.3) is 0 Å². The van der Waals surface area contributed by atoms with Crippen molar-refractivity contribution in [3.05, 3.63) is 70.8 Å². The third-order valence-electron chi connectivity index (χ3n) is 4.24. The fourth-order valence-electron chi connectivity index (χ4n) is 2.84. The Morgan fingerprint density at radius 1 is 0.611 bits per heavy atom. The highest BCUT2D eigenvalue weighted by molar-refractivity contribution is 5.32. The largest absolute Gasteiger partial charge is 0.0590 e. The monoisotopic (exact) mass is 236 g/mol. The molecule has 0 bridgehead atoms. The summed E-state index contributed by atoms with van der Waals surface area (Å²) in [5.74, 6) is 1.55. The molecule has 1 saturated carbocycles. The summed E-state index contributed by atoms with van der Waals surface area (Å²) in [6.07, 6.45) is 2.62. The fraction of sp³-hybridized carbons (Fsp3) is 0.333. The van der Waals surface area contributed by atoms with Crippen molar-refractivity contribution in [3.8, 4) is 0 Å². The van der Waals surface area contributed by atoms with Gasteiger partial charge >= 0.3 is 0 Å². The molecule has 92 valence electrons. The standard InChI is InChI=1S/C18H20/c1-13-3-7-15(8-4-13)17-11-18(12-17)16-9-5-14(2)6-10-16/h3-10,17-18H,11-12H2,1-2H3. The lowest BCUT2D eigenvalue weighted by Crippen LogP contribution is -2.19. The number of hydrogen-bond donors (Lipinski definition) is 0. The molecule has 2 aromatic rings. The van der Waals surface area contributed by atoms with E-state index in [2.05, 4.69) is 62.4 Å². The molecule has 0 radical (unpaired) electrons. The second-order valence-corrected chi connectivity index (χ2v) is 5.69. The van der Waals surface area contributed by atoms with Crippen LogP contribution in [0.1, 0.15) is 46.9 Å². The van der Waals surface area contributed by atoms with E-state index in [1.54, 1.807) is 0 Å². The lowest BCUT2D eigenvalue weighted by Gasteiger charge is -2.36. The van der Waals surface area contributed by atoms with Gasteiger partial charge in [0.05, 0.1) is 0 Å². The first kappa shape index (κ1) is 11.5. The van der Waals surface area contributed by atoms with Crippen LogP contribution in [0.4, 0.5) is 0 Å². The molecule has 0 saturated heterocycles. The van der Waals surface area contributed by atoms with Gasteiger partial charge in [-0.05, 0) is 49.7 Å². The molecule has 0 heterocycles. The van der Waals surface area contributed by atoms with Gasteiger partial charge in [0.25, 0.3) is 0 Å². The van der Waals surface area contributed by atoms with Gasteiger partial charge < -0.3 is 0 Å². The van der Waals surface area contributed by atoms with Gasteiger partial charge in [-0.2, -0.15) is 0 Å². The summed E-state index contributed by atoms with van der Waals surface area (Å²) in [5.41, 5.74) is 5.74. The van der Waals surface area contributed by atoms with Gasteiger partial charge in [0.2, 0.25) is 0 Å². The van der Waals surface area contributed by atoms with Crippen LogP contribution < -0.4 is 0 Å². The van der Waals surface area contributed by atoms with Crippen LogP contribution in [0, 0.1) is 13.8 Å². The topological polar surface area (TPSA) is 0 Å². The second kappa shape index (κ2) is 4.61. The van der Waals surface area contributed by atoms with Crippen LogP contribution in [-0.2, 0) is 0 Å². The molecule has 1 aliphatic carbocycles. The van der Waals surface area contributed by atoms with Gasteiger partial charge in [-0.15, -0.1) is 0 Å². The Labute approximate surface area is 110 Å². The summed E-state index contributed by atoms with van der Waals surface area (Å²) in [4.78, 5) is 0. The summed E-state index contributed by atoms with van der Waals surface area (Å²) in [5, 5.41) is 0. The lowest BCUT2D eigenvalue weighted by molar-refractivity contribution is 0.351. The Bertz CT molecular complexity index is 463. The molecule has 0 aliphatic heterocycles. The van der Waals surface area contributed by atoms with E-state index in [0.717, 1.165) is 11.8 Å². The molecular formula is C18H20. The van der Waals surface area contributed by atoms with Crippen LogP contribution in [0.2, 0.25) is 0 Å². The predicted octanol–water partition coefficient (Wildman–Crippen LogP) is 4.96. The van der Waals surface area contributed by atoms with Crippen molar-refractivity contribution < 1.29 is 0 Å². The van der Waals surface area contributed by atoms with Crippen molar-refractivity contribution in [1.29, 1.82) is 0 Å². The van der Waals surface area contributed by atoms with E-state index in [1.165, 1.54) is 35.1 Å². The Kier molecular flexibility index (Phi) is 2.95. The second-order valence-electron chi connectivity index (χ2n) is 5.69. The highest BCUT2D eigenvalue weighted by Crippen LogP contribution is 2.47. The Balaban J connectivity index is 1.66. The maximum atomic E-state index is 2.30. The fourth-order valence-corrected chi connectivity index (χ4v) is 2.84. The van der Waals surface area contributed by atoms with E-state index in [9.17, 15) is 0 Å². The molecule has 1 fully saturated rings. The van der Waals surface area contributed by atoms with Crippen molar-refractivity contribution in [1.82, 2.24) is 0 Å². The zero-order valence-corrected chi connectivity index (χ0v) is 11.2. The molecule has 0 aromatic heterocycles. The van der Waals surface area contributed by atoms with Crippen LogP contribution in [0.15, 0.2) is 48.5 Å². The van der Waals surface area contributed by atoms with Gasteiger partial charge in [-0.1, -0.05) is 59.7 Å². The first-order valence-electron chi connectivity index (χ1n) is 6.85. The van der Waals surface area contributed by atoms with E-state index in [1.807, 2.05) is 0 Å². The molecule has 0 unspecified atom stereocenters. The molecule has 3 rings (SSSR count). The maximum absolute atomic E-state index is 2.30. The summed E-state index contributed by atoms with van der Waals surface area (Å²) in [6, 6.07) is 18.1. The Hall–Kier alpha value is -1.56. The van der Waals surface area contributed by atoms with Gasteiger partial charge in [-0.3, -0.25) is 0 Å². The third kappa shape index (κ3) is 2.20. The average molecular weight is 236 g/mol. The first-order chi connectivity index (χ1) is 8.72. The number of rotatable bonds is 2. The van der Waals surface area contributed by atoms with Crippen molar-refractivity contribution in [2.45, 2.75) is 38.5 Å². The van der Waals surface area contributed by atoms with E-state index < -0.39 is 0 Å². The average Bonchev–Trinajstić information content (AvgIpc) is 2.32. The van der Waals surface area contributed by atoms with Crippen molar-refractivity contribution in [2.24, 2.45) is 0 Å². The summed E-state index contributed by atoms with van der Waals surface area (Å²) < 4.78 is 0. The quantitative estimate of drug-likeness (QED) is 0.691. The molecule has 1 aliphatic rings. The van der Waals surface area contributed by atoms with E-state index >= 15 is 0 Å². The Morgan fingerprint density at radius 3 is 1.28 bits per heavy atom. The van der Waals surface area contributed by atoms with Crippen LogP contribution in [0.3, 0.4) is 0 Å². The maximum Gasteiger partial charge on any atom is -0.0150 e. The molecule has 0 N–H and O–H groups in total. The van der Waals surface area contributed by atoms with Crippen LogP contribution in [0.5, 0.6) is 0 Å². The highest BCUT2D eigenvalue weighted by Gasteiger charge is 2.30. The van der Waals surface area contributed by atoms with E-state index in [0.29, 0.717) is 0 Å². The minimum atomic E-state index is 0.775. The van der Waals surface area contributed by atoms with E-state index in [-0.39, 0.29) is 0 Å². The van der Waals surface area contributed by atoms with Gasteiger partial charge in [0, 0.05) is 0 Å². The van der Waals surface area contributed by atoms with Gasteiger partial charge in [0.15, 0.2) is 0 Å². The van der Waals surface area contributed by atoms with Crippen molar-refractivity contribution in [2.75, 3.05) is 0 Å². The molecule has 0 heteroatoms. The third-order valence-corrected chi connectivity index (χ3v) is 4.24. The Morgan fingerprint density at radius 2 is 0.944 bits per heavy atom. The smallest absolute Gasteiger partial charge is 0.0150 e. The van der Waals surface area contributed by atoms with Crippen LogP contribution in [-0.4, -0.2) is 0 Å². The van der Waals surface area contributed by atoms with Crippen molar-refractivity contribution >= 4 is 0 Å². The number of aryl methyl sites for hydroxylation is 2. The molecule has 2 aromatic carbocycles. The highest BCUT2D eigenvalue weighted by atomic mass is 14.3. The van der Waals surface area contributed by atoms with Gasteiger partial charge in [0.1, 0.15) is 0 Å². The minimum absolute atomic E-state index is 0.775. The summed E-state index contributed by atoms with van der Waals surface area (Å²) in [7, 11) is 0. The zero-order valence-electron chi connectivity index (χ0n) is 11.2. The zero-order chi connectivity index (χ0) is 12.5. The minimum Gasteiger partial charge on any atom is -0.0590 e. The predicted molar refractivity (Wildman–Crippen MR) is 77.1 cm³/mol. The van der Waals surface area contributed by atoms with Gasteiger partial charge in [-0.25, -0.2) is 0 Å². The summed E-state index contributed by atoms with van der Waals surface area (Å²) in [6.45, 7) is 4.30. The molecular weight excluding hydrogens is 216 g/mol. The molecule has 18 heavy (non-hydrogen) atoms. The molecule has 0 atom stereocenters. The first-order valence-corrected chi connectivity index (χ1v) is 6.85. The number of hydrogen-bond acceptors (Lipinski definition) is 0. The van der Waals surface area contributed by atoms with E-state index in [4.69, 9.17) is 0 Å². The van der Waals surface area contributed by atoms with Crippen LogP contribution >= 0.6 is 0 Å². The van der Waals surface area contributed by atoms with Crippen molar-refractivity contribution in [3.63, 3.8) is 0 Å². The SMILES string of the molecule is Cc1ccc(C2CC(c3ccc(C)cc3)C2)cc1. The lowest BCUT2D eigenvalue weighted by atomic mass is 9.68. The normalized spacial score (nSPS) is 22.6. The summed E-state index contributed by atoms with van der Waals surface area (Å²) >= 11 is 0. The molecule has 0 amide bonds. The molecule has 0 spiro atoms. The molecule has 0 nitrogen and oxygen atoms in total. The number of benzene rings is 2.